The number of hydrogen-bond donors (Lipinski definition) is 2. The Balaban J connectivity index is 1.40. The highest BCUT2D eigenvalue weighted by atomic mass is 16.5. The minimum Gasteiger partial charge on any atom is -0.449 e. The van der Waals surface area contributed by atoms with Crippen molar-refractivity contribution in [3.63, 3.8) is 0 Å². The van der Waals surface area contributed by atoms with Crippen molar-refractivity contribution in [2.24, 2.45) is 11.8 Å². The Labute approximate surface area is 141 Å². The number of fused-ring (bicyclic) bond motifs is 3. The average Bonchev–Trinajstić information content (AvgIpc) is 3.32. The first-order chi connectivity index (χ1) is 11.8. The summed E-state index contributed by atoms with van der Waals surface area (Å²) in [5.74, 6) is 0.837. The number of carbonyl (C=O) groups is 1. The second-order valence-electron chi connectivity index (χ2n) is 6.64. The van der Waals surface area contributed by atoms with Crippen LogP contribution in [0, 0.1) is 11.8 Å². The highest BCUT2D eigenvalue weighted by Crippen LogP contribution is 2.44. The fraction of sp³-hybridized carbons (Fsp3) is 0.350. The molecule has 0 spiro atoms. The van der Waals surface area contributed by atoms with Gasteiger partial charge in [-0.1, -0.05) is 48.5 Å². The summed E-state index contributed by atoms with van der Waals surface area (Å²) in [5.41, 5.74) is 4.89. The molecule has 2 aromatic rings. The maximum Gasteiger partial charge on any atom is 0.407 e. The van der Waals surface area contributed by atoms with Crippen molar-refractivity contribution in [3.8, 4) is 11.1 Å². The SMILES string of the molecule is O=C(NC[C@@H]1C[C@H]1CO)OCC1c2ccccc2-c2ccccc21. The molecule has 2 aromatic carbocycles. The summed E-state index contributed by atoms with van der Waals surface area (Å²) in [7, 11) is 0. The molecule has 4 rings (SSSR count). The minimum absolute atomic E-state index is 0.0919. The molecule has 2 aliphatic carbocycles. The number of ether oxygens (including phenoxy) is 1. The second kappa shape index (κ2) is 6.29. The summed E-state index contributed by atoms with van der Waals surface area (Å²) in [6.45, 7) is 1.13. The van der Waals surface area contributed by atoms with E-state index in [9.17, 15) is 4.79 Å². The molecule has 1 saturated carbocycles. The van der Waals surface area contributed by atoms with Gasteiger partial charge in [-0.15, -0.1) is 0 Å². The predicted molar refractivity (Wildman–Crippen MR) is 91.8 cm³/mol. The molecular weight excluding hydrogens is 302 g/mol. The van der Waals surface area contributed by atoms with Crippen LogP contribution in [0.3, 0.4) is 0 Å². The van der Waals surface area contributed by atoms with Gasteiger partial charge in [0, 0.05) is 19.1 Å². The molecule has 4 heteroatoms. The van der Waals surface area contributed by atoms with Crippen LogP contribution in [0.1, 0.15) is 23.5 Å². The van der Waals surface area contributed by atoms with Crippen LogP contribution in [0.2, 0.25) is 0 Å². The van der Waals surface area contributed by atoms with Crippen LogP contribution in [0.4, 0.5) is 4.79 Å². The molecule has 0 bridgehead atoms. The van der Waals surface area contributed by atoms with Gasteiger partial charge in [0.25, 0.3) is 0 Å². The lowest BCUT2D eigenvalue weighted by Crippen LogP contribution is -2.28. The molecule has 24 heavy (non-hydrogen) atoms. The number of amides is 1. The fourth-order valence-electron chi connectivity index (χ4n) is 3.65. The van der Waals surface area contributed by atoms with Crippen LogP contribution in [-0.2, 0) is 4.74 Å². The van der Waals surface area contributed by atoms with Crippen molar-refractivity contribution in [1.82, 2.24) is 5.32 Å². The summed E-state index contributed by atoms with van der Waals surface area (Å²) in [4.78, 5) is 12.0. The second-order valence-corrected chi connectivity index (χ2v) is 6.64. The van der Waals surface area contributed by atoms with Gasteiger partial charge >= 0.3 is 6.09 Å². The van der Waals surface area contributed by atoms with Gasteiger partial charge in [0.15, 0.2) is 0 Å². The topological polar surface area (TPSA) is 58.6 Å². The molecule has 0 aromatic heterocycles. The lowest BCUT2D eigenvalue weighted by atomic mass is 9.98. The van der Waals surface area contributed by atoms with Crippen molar-refractivity contribution in [2.45, 2.75) is 12.3 Å². The lowest BCUT2D eigenvalue weighted by Gasteiger charge is -2.14. The zero-order chi connectivity index (χ0) is 16.5. The Morgan fingerprint density at radius 1 is 1.04 bits per heavy atom. The zero-order valence-corrected chi connectivity index (χ0v) is 13.4. The number of alkyl carbamates (subject to hydrolysis) is 1. The third-order valence-corrected chi connectivity index (χ3v) is 5.16. The zero-order valence-electron chi connectivity index (χ0n) is 13.4. The van der Waals surface area contributed by atoms with E-state index in [-0.39, 0.29) is 18.6 Å². The largest absolute Gasteiger partial charge is 0.449 e. The molecule has 2 atom stereocenters. The van der Waals surface area contributed by atoms with Crippen LogP contribution in [0.5, 0.6) is 0 Å². The number of carbonyl (C=O) groups excluding carboxylic acids is 1. The van der Waals surface area contributed by atoms with Gasteiger partial charge in [0.2, 0.25) is 0 Å². The minimum atomic E-state index is -0.375. The first-order valence-electron chi connectivity index (χ1n) is 8.47. The van der Waals surface area contributed by atoms with E-state index in [1.165, 1.54) is 22.3 Å². The van der Waals surface area contributed by atoms with E-state index < -0.39 is 0 Å². The number of aliphatic hydroxyl groups excluding tert-OH is 1. The van der Waals surface area contributed by atoms with Gasteiger partial charge in [0.05, 0.1) is 0 Å². The van der Waals surface area contributed by atoms with E-state index in [2.05, 4.69) is 29.6 Å². The van der Waals surface area contributed by atoms with Crippen LogP contribution in [0.15, 0.2) is 48.5 Å². The molecule has 4 nitrogen and oxygen atoms in total. The first kappa shape index (κ1) is 15.2. The smallest absolute Gasteiger partial charge is 0.407 e. The highest BCUT2D eigenvalue weighted by Gasteiger charge is 2.36. The molecule has 0 aliphatic heterocycles. The third-order valence-electron chi connectivity index (χ3n) is 5.16. The standard InChI is InChI=1S/C20H21NO3/c22-11-14-9-13(14)10-21-20(23)24-12-19-17-7-3-1-5-15(17)16-6-2-4-8-18(16)19/h1-8,13-14,19,22H,9-12H2,(H,21,23)/t13-,14-/m0/s1. The molecular formula is C20H21NO3. The normalized spacial score (nSPS) is 21.0. The predicted octanol–water partition coefficient (Wildman–Crippen LogP) is 3.15. The Kier molecular flexibility index (Phi) is 3.98. The maximum atomic E-state index is 12.0. The molecule has 0 unspecified atom stereocenters. The molecule has 2 aliphatic rings. The van der Waals surface area contributed by atoms with Gasteiger partial charge < -0.3 is 15.2 Å². The van der Waals surface area contributed by atoms with Crippen LogP contribution >= 0.6 is 0 Å². The summed E-state index contributed by atoms with van der Waals surface area (Å²) in [6.07, 6.45) is 0.612. The molecule has 1 fully saturated rings. The van der Waals surface area contributed by atoms with Crippen LogP contribution in [-0.4, -0.2) is 31.0 Å². The van der Waals surface area contributed by atoms with Crippen molar-refractivity contribution < 1.29 is 14.6 Å². The molecule has 0 heterocycles. The summed E-state index contributed by atoms with van der Waals surface area (Å²) in [5, 5.41) is 11.8. The van der Waals surface area contributed by atoms with Crippen molar-refractivity contribution >= 4 is 6.09 Å². The highest BCUT2D eigenvalue weighted by molar-refractivity contribution is 5.79. The summed E-state index contributed by atoms with van der Waals surface area (Å²) in [6, 6.07) is 16.6. The average molecular weight is 323 g/mol. The fourth-order valence-corrected chi connectivity index (χ4v) is 3.65. The van der Waals surface area contributed by atoms with Crippen LogP contribution in [0.25, 0.3) is 11.1 Å². The van der Waals surface area contributed by atoms with Crippen molar-refractivity contribution in [3.05, 3.63) is 59.7 Å². The summed E-state index contributed by atoms with van der Waals surface area (Å²) < 4.78 is 5.47. The molecule has 0 saturated heterocycles. The van der Waals surface area contributed by atoms with E-state index >= 15 is 0 Å². The Morgan fingerprint density at radius 3 is 2.25 bits per heavy atom. The quantitative estimate of drug-likeness (QED) is 0.888. The number of nitrogens with one attached hydrogen (secondary N) is 1. The van der Waals surface area contributed by atoms with E-state index in [1.807, 2.05) is 24.3 Å². The van der Waals surface area contributed by atoms with E-state index in [0.717, 1.165) is 6.42 Å². The first-order valence-corrected chi connectivity index (χ1v) is 8.47. The van der Waals surface area contributed by atoms with Gasteiger partial charge in [-0.05, 0) is 40.5 Å². The Morgan fingerprint density at radius 2 is 1.67 bits per heavy atom. The van der Waals surface area contributed by atoms with E-state index in [0.29, 0.717) is 25.0 Å². The van der Waals surface area contributed by atoms with Gasteiger partial charge in [-0.25, -0.2) is 4.79 Å². The monoisotopic (exact) mass is 323 g/mol. The molecule has 1 amide bonds. The Bertz CT molecular complexity index is 713. The van der Waals surface area contributed by atoms with E-state index in [1.54, 1.807) is 0 Å². The molecule has 124 valence electrons. The van der Waals surface area contributed by atoms with Gasteiger partial charge in [-0.2, -0.15) is 0 Å². The van der Waals surface area contributed by atoms with Crippen molar-refractivity contribution in [2.75, 3.05) is 19.8 Å². The van der Waals surface area contributed by atoms with E-state index in [4.69, 9.17) is 9.84 Å². The van der Waals surface area contributed by atoms with Crippen LogP contribution < -0.4 is 5.32 Å². The maximum absolute atomic E-state index is 12.0. The lowest BCUT2D eigenvalue weighted by molar-refractivity contribution is 0.142. The summed E-state index contributed by atoms with van der Waals surface area (Å²) >= 11 is 0. The Hall–Kier alpha value is -2.33. The van der Waals surface area contributed by atoms with Gasteiger partial charge in [0.1, 0.15) is 6.61 Å². The molecule has 2 N–H and O–H groups in total. The van der Waals surface area contributed by atoms with Crippen molar-refractivity contribution in [1.29, 1.82) is 0 Å². The number of benzene rings is 2. The molecule has 0 radical (unpaired) electrons. The number of hydrogen-bond acceptors (Lipinski definition) is 3. The van der Waals surface area contributed by atoms with Gasteiger partial charge in [-0.3, -0.25) is 0 Å². The number of rotatable bonds is 5. The third kappa shape index (κ3) is 2.78. The number of aliphatic hydroxyl groups is 1.